The van der Waals surface area contributed by atoms with Crippen molar-refractivity contribution in [2.45, 2.75) is 19.3 Å². The third kappa shape index (κ3) is 3.83. The first kappa shape index (κ1) is 16.2. The van der Waals surface area contributed by atoms with Crippen molar-refractivity contribution in [3.8, 4) is 0 Å². The van der Waals surface area contributed by atoms with Gasteiger partial charge in [-0.05, 0) is 24.6 Å². The lowest BCUT2D eigenvalue weighted by molar-refractivity contribution is -0.117. The van der Waals surface area contributed by atoms with E-state index in [1.807, 2.05) is 0 Å². The molecule has 2 heterocycles. The Kier molecular flexibility index (Phi) is 4.84. The highest BCUT2D eigenvalue weighted by Gasteiger charge is 2.24. The Hall–Kier alpha value is -1.63. The summed E-state index contributed by atoms with van der Waals surface area (Å²) in [7, 11) is 0. The first-order valence-electron chi connectivity index (χ1n) is 7.02. The number of amides is 2. The number of rotatable bonds is 4. The third-order valence-electron chi connectivity index (χ3n) is 3.39. The van der Waals surface area contributed by atoms with Gasteiger partial charge in [0.05, 0.1) is 22.8 Å². The maximum atomic E-state index is 12.1. The number of carbonyl (C=O) groups excluding carboxylic acids is 2. The predicted octanol–water partition coefficient (Wildman–Crippen LogP) is 3.76. The molecule has 1 aliphatic rings. The summed E-state index contributed by atoms with van der Waals surface area (Å²) in [6.07, 6.45) is 1.52. The van der Waals surface area contributed by atoms with Crippen molar-refractivity contribution in [1.82, 2.24) is 4.98 Å². The number of nitrogens with zero attached hydrogens (tertiary/aromatic N) is 2. The zero-order valence-electron chi connectivity index (χ0n) is 12.0. The average Bonchev–Trinajstić information content (AvgIpc) is 3.11. The van der Waals surface area contributed by atoms with Gasteiger partial charge in [-0.3, -0.25) is 14.5 Å². The minimum absolute atomic E-state index is 0.0843. The zero-order valence-corrected chi connectivity index (χ0v) is 14.3. The molecule has 0 unspecified atom stereocenters. The standard InChI is InChI=1S/C15H13Cl2N3O2S/c16-9-3-4-11(17)12(6-9)19-13(21)7-10-8-23-15(18-10)20-5-1-2-14(20)22/h3-4,6,8H,1-2,5,7H2,(H,19,21). The van der Waals surface area contributed by atoms with Crippen LogP contribution in [0.5, 0.6) is 0 Å². The number of benzene rings is 1. The summed E-state index contributed by atoms with van der Waals surface area (Å²) < 4.78 is 0. The Morgan fingerprint density at radius 3 is 2.96 bits per heavy atom. The molecule has 23 heavy (non-hydrogen) atoms. The largest absolute Gasteiger partial charge is 0.324 e. The molecule has 0 aliphatic carbocycles. The van der Waals surface area contributed by atoms with Gasteiger partial charge in [0.2, 0.25) is 11.8 Å². The van der Waals surface area contributed by atoms with Crippen LogP contribution in [0.15, 0.2) is 23.6 Å². The zero-order chi connectivity index (χ0) is 16.4. The molecule has 1 aromatic heterocycles. The second-order valence-corrected chi connectivity index (χ2v) is 6.80. The SMILES string of the molecule is O=C(Cc1csc(N2CCCC2=O)n1)Nc1cc(Cl)ccc1Cl. The third-order valence-corrected chi connectivity index (χ3v) is 4.87. The van der Waals surface area contributed by atoms with Crippen molar-refractivity contribution in [3.63, 3.8) is 0 Å². The molecular formula is C15H13Cl2N3O2S. The topological polar surface area (TPSA) is 62.3 Å². The van der Waals surface area contributed by atoms with Crippen LogP contribution in [0.2, 0.25) is 10.0 Å². The predicted molar refractivity (Wildman–Crippen MR) is 92.5 cm³/mol. The normalized spacial score (nSPS) is 14.3. The molecule has 1 aromatic carbocycles. The van der Waals surface area contributed by atoms with Crippen LogP contribution in [0.25, 0.3) is 0 Å². The average molecular weight is 370 g/mol. The molecule has 2 aromatic rings. The highest BCUT2D eigenvalue weighted by molar-refractivity contribution is 7.14. The van der Waals surface area contributed by atoms with Crippen LogP contribution in [0.4, 0.5) is 10.8 Å². The van der Waals surface area contributed by atoms with Crippen LogP contribution in [-0.2, 0) is 16.0 Å². The van der Waals surface area contributed by atoms with E-state index >= 15 is 0 Å². The van der Waals surface area contributed by atoms with E-state index in [0.29, 0.717) is 39.5 Å². The highest BCUT2D eigenvalue weighted by atomic mass is 35.5. The number of anilines is 2. The van der Waals surface area contributed by atoms with E-state index in [0.717, 1.165) is 6.42 Å². The number of hydrogen-bond donors (Lipinski definition) is 1. The van der Waals surface area contributed by atoms with Gasteiger partial charge in [0, 0.05) is 23.4 Å². The lowest BCUT2D eigenvalue weighted by atomic mass is 10.3. The molecule has 120 valence electrons. The van der Waals surface area contributed by atoms with E-state index in [9.17, 15) is 9.59 Å². The van der Waals surface area contributed by atoms with Crippen LogP contribution in [-0.4, -0.2) is 23.3 Å². The molecule has 2 amide bonds. The fraction of sp³-hybridized carbons (Fsp3) is 0.267. The van der Waals surface area contributed by atoms with Gasteiger partial charge < -0.3 is 5.32 Å². The Bertz CT molecular complexity index is 763. The molecule has 0 saturated carbocycles. The smallest absolute Gasteiger partial charge is 0.230 e. The second kappa shape index (κ2) is 6.86. The van der Waals surface area contributed by atoms with Crippen LogP contribution in [0.3, 0.4) is 0 Å². The molecule has 8 heteroatoms. The molecule has 0 atom stereocenters. The summed E-state index contributed by atoms with van der Waals surface area (Å²) in [6.45, 7) is 0.691. The van der Waals surface area contributed by atoms with Crippen molar-refractivity contribution in [2.75, 3.05) is 16.8 Å². The second-order valence-electron chi connectivity index (χ2n) is 5.12. The number of halogens is 2. The van der Waals surface area contributed by atoms with Gasteiger partial charge >= 0.3 is 0 Å². The molecule has 1 saturated heterocycles. The van der Waals surface area contributed by atoms with Gasteiger partial charge in [0.15, 0.2) is 5.13 Å². The quantitative estimate of drug-likeness (QED) is 0.892. The molecule has 1 fully saturated rings. The number of aromatic nitrogens is 1. The lowest BCUT2D eigenvalue weighted by Crippen LogP contribution is -2.23. The summed E-state index contributed by atoms with van der Waals surface area (Å²) in [5.74, 6) is -0.153. The highest BCUT2D eigenvalue weighted by Crippen LogP contribution is 2.27. The number of hydrogen-bond acceptors (Lipinski definition) is 4. The lowest BCUT2D eigenvalue weighted by Gasteiger charge is -2.10. The minimum atomic E-state index is -0.237. The van der Waals surface area contributed by atoms with E-state index < -0.39 is 0 Å². The summed E-state index contributed by atoms with van der Waals surface area (Å²) in [5, 5.41) is 6.07. The van der Waals surface area contributed by atoms with Gasteiger partial charge in [0.25, 0.3) is 0 Å². The first-order chi connectivity index (χ1) is 11.0. The first-order valence-corrected chi connectivity index (χ1v) is 8.66. The van der Waals surface area contributed by atoms with Crippen LogP contribution >= 0.6 is 34.5 Å². The summed E-state index contributed by atoms with van der Waals surface area (Å²) in [5.41, 5.74) is 1.09. The molecule has 0 radical (unpaired) electrons. The summed E-state index contributed by atoms with van der Waals surface area (Å²) in [6, 6.07) is 4.87. The fourth-order valence-electron chi connectivity index (χ4n) is 2.30. The van der Waals surface area contributed by atoms with Crippen molar-refractivity contribution < 1.29 is 9.59 Å². The van der Waals surface area contributed by atoms with Gasteiger partial charge in [-0.1, -0.05) is 23.2 Å². The molecular weight excluding hydrogens is 357 g/mol. The van der Waals surface area contributed by atoms with Crippen molar-refractivity contribution in [3.05, 3.63) is 39.3 Å². The maximum Gasteiger partial charge on any atom is 0.230 e. The molecule has 3 rings (SSSR count). The Morgan fingerprint density at radius 1 is 1.39 bits per heavy atom. The van der Waals surface area contributed by atoms with Gasteiger partial charge in [-0.15, -0.1) is 11.3 Å². The maximum absolute atomic E-state index is 12.1. The van der Waals surface area contributed by atoms with Crippen molar-refractivity contribution in [1.29, 1.82) is 0 Å². The van der Waals surface area contributed by atoms with Gasteiger partial charge in [0.1, 0.15) is 0 Å². The number of thiazole rings is 1. The minimum Gasteiger partial charge on any atom is -0.324 e. The molecule has 1 aliphatic heterocycles. The molecule has 5 nitrogen and oxygen atoms in total. The summed E-state index contributed by atoms with van der Waals surface area (Å²) in [4.78, 5) is 29.8. The summed E-state index contributed by atoms with van der Waals surface area (Å²) >= 11 is 13.3. The van der Waals surface area contributed by atoms with E-state index in [1.165, 1.54) is 11.3 Å². The van der Waals surface area contributed by atoms with Crippen LogP contribution in [0, 0.1) is 0 Å². The number of nitrogens with one attached hydrogen (secondary N) is 1. The monoisotopic (exact) mass is 369 g/mol. The molecule has 0 bridgehead atoms. The Morgan fingerprint density at radius 2 is 2.22 bits per heavy atom. The molecule has 1 N–H and O–H groups in total. The van der Waals surface area contributed by atoms with Crippen molar-refractivity contribution >= 4 is 57.2 Å². The van der Waals surface area contributed by atoms with E-state index in [4.69, 9.17) is 23.2 Å². The van der Waals surface area contributed by atoms with Crippen LogP contribution < -0.4 is 10.2 Å². The molecule has 0 spiro atoms. The Labute approximate surface area is 147 Å². The van der Waals surface area contributed by atoms with E-state index in [2.05, 4.69) is 10.3 Å². The van der Waals surface area contributed by atoms with Gasteiger partial charge in [-0.2, -0.15) is 0 Å². The number of carbonyl (C=O) groups is 2. The Balaban J connectivity index is 1.65. The fourth-order valence-corrected chi connectivity index (χ4v) is 3.51. The van der Waals surface area contributed by atoms with E-state index in [-0.39, 0.29) is 18.2 Å². The van der Waals surface area contributed by atoms with Crippen LogP contribution in [0.1, 0.15) is 18.5 Å². The van der Waals surface area contributed by atoms with Crippen molar-refractivity contribution in [2.24, 2.45) is 0 Å². The van der Waals surface area contributed by atoms with E-state index in [1.54, 1.807) is 28.5 Å². The van der Waals surface area contributed by atoms with Gasteiger partial charge in [-0.25, -0.2) is 4.98 Å².